The van der Waals surface area contributed by atoms with E-state index in [2.05, 4.69) is 15.0 Å². The van der Waals surface area contributed by atoms with Gasteiger partial charge in [-0.05, 0) is 40.9 Å². The molecule has 0 saturated carbocycles. The zero-order chi connectivity index (χ0) is 21.3. The molecule has 2 atom stereocenters. The van der Waals surface area contributed by atoms with Crippen molar-refractivity contribution in [2.45, 2.75) is 25.1 Å². The van der Waals surface area contributed by atoms with Gasteiger partial charge in [0.1, 0.15) is 5.75 Å². The average Bonchev–Trinajstić information content (AvgIpc) is 3.23. The maximum atomic E-state index is 12.4. The molecule has 0 bridgehead atoms. The molecule has 1 aliphatic rings. The number of carbonyl (C=O) groups is 1. The topological polar surface area (TPSA) is 126 Å². The third-order valence-electron chi connectivity index (χ3n) is 4.56. The van der Waals surface area contributed by atoms with Crippen molar-refractivity contribution in [2.75, 3.05) is 20.3 Å². The normalized spacial score (nSPS) is 17.5. The van der Waals surface area contributed by atoms with Crippen LogP contribution < -0.4 is 4.74 Å². The zero-order valence-corrected chi connectivity index (χ0v) is 16.5. The van der Waals surface area contributed by atoms with Gasteiger partial charge in [-0.15, -0.1) is 0 Å². The maximum absolute atomic E-state index is 12.4. The molecule has 9 nitrogen and oxygen atoms in total. The lowest BCUT2D eigenvalue weighted by molar-refractivity contribution is -0.143. The fraction of sp³-hybridized carbons (Fsp3) is 0.333. The van der Waals surface area contributed by atoms with E-state index in [4.69, 9.17) is 24.8 Å². The van der Waals surface area contributed by atoms with Gasteiger partial charge < -0.3 is 19.3 Å². The second-order valence-electron chi connectivity index (χ2n) is 6.48. The van der Waals surface area contributed by atoms with E-state index in [-0.39, 0.29) is 13.2 Å². The molecule has 0 spiro atoms. The molecule has 1 aliphatic heterocycles. The molecule has 3 rings (SSSR count). The molecule has 0 fully saturated rings. The minimum absolute atomic E-state index is 0.0696. The monoisotopic (exact) mass is 410 g/mol. The fourth-order valence-corrected chi connectivity index (χ4v) is 3.09. The molecule has 2 aromatic carbocycles. The zero-order valence-electron chi connectivity index (χ0n) is 16.5. The Morgan fingerprint density at radius 2 is 2.03 bits per heavy atom. The third kappa shape index (κ3) is 4.89. The van der Waals surface area contributed by atoms with Crippen LogP contribution in [0, 0.1) is 0 Å². The van der Waals surface area contributed by atoms with E-state index in [0.717, 1.165) is 5.56 Å². The highest BCUT2D eigenvalue weighted by atomic mass is 16.5. The summed E-state index contributed by atoms with van der Waals surface area (Å²) in [6.07, 6.45) is -0.145. The number of aliphatic imine (C=N–C) groups is 1. The van der Waals surface area contributed by atoms with Gasteiger partial charge in [0.05, 0.1) is 20.3 Å². The van der Waals surface area contributed by atoms with Crippen LogP contribution >= 0.6 is 0 Å². The molecule has 0 unspecified atom stereocenters. The molecule has 0 aromatic heterocycles. The number of carbonyl (C=O) groups excluding carboxylic acids is 1. The molecule has 156 valence electrons. The van der Waals surface area contributed by atoms with E-state index in [0.29, 0.717) is 35.8 Å². The highest BCUT2D eigenvalue weighted by Gasteiger charge is 2.39. The van der Waals surface area contributed by atoms with Gasteiger partial charge in [0, 0.05) is 23.5 Å². The van der Waals surface area contributed by atoms with Crippen LogP contribution in [0.1, 0.15) is 29.2 Å². The van der Waals surface area contributed by atoms with Crippen molar-refractivity contribution >= 4 is 11.9 Å². The maximum Gasteiger partial charge on any atom is 0.335 e. The Morgan fingerprint density at radius 3 is 2.73 bits per heavy atom. The van der Waals surface area contributed by atoms with Crippen molar-refractivity contribution in [1.29, 1.82) is 0 Å². The largest absolute Gasteiger partial charge is 0.494 e. The number of aliphatic hydroxyl groups excluding tert-OH is 1. The number of rotatable bonds is 9. The SMILES string of the molecule is COC(=O)[C@@H]1N=C(c2ccc(OCCCO)cc2)O[C@@H]1c1ccccc1CN=[N+]=[N-]. The highest BCUT2D eigenvalue weighted by molar-refractivity contribution is 5.98. The lowest BCUT2D eigenvalue weighted by Gasteiger charge is -2.19. The van der Waals surface area contributed by atoms with Crippen molar-refractivity contribution in [2.24, 2.45) is 10.1 Å². The fourth-order valence-electron chi connectivity index (χ4n) is 3.09. The molecular formula is C21H22N4O5. The summed E-state index contributed by atoms with van der Waals surface area (Å²) in [5.41, 5.74) is 10.8. The van der Waals surface area contributed by atoms with Crippen LogP contribution in [-0.2, 0) is 20.8 Å². The van der Waals surface area contributed by atoms with Crippen LogP contribution in [0.15, 0.2) is 58.6 Å². The third-order valence-corrected chi connectivity index (χ3v) is 4.56. The van der Waals surface area contributed by atoms with Gasteiger partial charge in [-0.1, -0.05) is 29.4 Å². The van der Waals surface area contributed by atoms with E-state index >= 15 is 0 Å². The number of nitrogens with zero attached hydrogens (tertiary/aromatic N) is 4. The molecule has 0 amide bonds. The Labute approximate surface area is 173 Å². The average molecular weight is 410 g/mol. The molecule has 1 heterocycles. The standard InChI is InChI=1S/C21H22N4O5/c1-28-21(27)18-19(17-6-3-2-5-15(17)13-23-25-22)30-20(24-18)14-7-9-16(10-8-14)29-12-4-11-26/h2-3,5-10,18-19,26H,4,11-13H2,1H3/t18-,19-/m1/s1. The molecule has 1 N–H and O–H groups in total. The summed E-state index contributed by atoms with van der Waals surface area (Å²) < 4.78 is 16.5. The number of methoxy groups -OCH3 is 1. The van der Waals surface area contributed by atoms with Crippen LogP contribution in [0.25, 0.3) is 10.4 Å². The number of benzene rings is 2. The number of aliphatic hydroxyl groups is 1. The second kappa shape index (κ2) is 10.3. The lowest BCUT2D eigenvalue weighted by atomic mass is 9.97. The lowest BCUT2D eigenvalue weighted by Crippen LogP contribution is -2.26. The Hall–Kier alpha value is -3.55. The minimum atomic E-state index is -0.877. The predicted octanol–water partition coefficient (Wildman–Crippen LogP) is 3.32. The number of esters is 1. The highest BCUT2D eigenvalue weighted by Crippen LogP contribution is 2.34. The van der Waals surface area contributed by atoms with Crippen molar-refractivity contribution in [3.05, 3.63) is 75.7 Å². The summed E-state index contributed by atoms with van der Waals surface area (Å²) >= 11 is 0. The smallest absolute Gasteiger partial charge is 0.335 e. The molecule has 30 heavy (non-hydrogen) atoms. The predicted molar refractivity (Wildman–Crippen MR) is 109 cm³/mol. The van der Waals surface area contributed by atoms with Gasteiger partial charge in [0.2, 0.25) is 5.90 Å². The van der Waals surface area contributed by atoms with E-state index in [1.165, 1.54) is 7.11 Å². The Balaban J connectivity index is 1.85. The van der Waals surface area contributed by atoms with Gasteiger partial charge in [-0.2, -0.15) is 0 Å². The van der Waals surface area contributed by atoms with E-state index in [1.807, 2.05) is 24.3 Å². The quantitative estimate of drug-likeness (QED) is 0.223. The molecule has 0 aliphatic carbocycles. The van der Waals surface area contributed by atoms with Gasteiger partial charge >= 0.3 is 5.97 Å². The van der Waals surface area contributed by atoms with Crippen LogP contribution in [-0.4, -0.2) is 43.3 Å². The van der Waals surface area contributed by atoms with Gasteiger partial charge in [0.25, 0.3) is 0 Å². The van der Waals surface area contributed by atoms with Gasteiger partial charge in [-0.25, -0.2) is 9.79 Å². The summed E-state index contributed by atoms with van der Waals surface area (Å²) in [7, 11) is 1.30. The second-order valence-corrected chi connectivity index (χ2v) is 6.48. The Bertz CT molecular complexity index is 954. The number of ether oxygens (including phenoxy) is 3. The van der Waals surface area contributed by atoms with Crippen LogP contribution in [0.5, 0.6) is 5.75 Å². The first kappa shape index (κ1) is 21.2. The van der Waals surface area contributed by atoms with E-state index < -0.39 is 18.1 Å². The molecule has 0 saturated heterocycles. The summed E-state index contributed by atoms with van der Waals surface area (Å²) in [6.45, 7) is 0.623. The summed E-state index contributed by atoms with van der Waals surface area (Å²) in [5.74, 6) is 0.458. The number of azide groups is 1. The van der Waals surface area contributed by atoms with Gasteiger partial charge in [-0.3, -0.25) is 0 Å². The van der Waals surface area contributed by atoms with Crippen LogP contribution in [0.2, 0.25) is 0 Å². The first-order chi connectivity index (χ1) is 14.7. The first-order valence-electron chi connectivity index (χ1n) is 9.43. The van der Waals surface area contributed by atoms with Crippen LogP contribution in [0.3, 0.4) is 0 Å². The van der Waals surface area contributed by atoms with Gasteiger partial charge in [0.15, 0.2) is 12.1 Å². The summed E-state index contributed by atoms with van der Waals surface area (Å²) in [5, 5.41) is 12.5. The van der Waals surface area contributed by atoms with Crippen LogP contribution in [0.4, 0.5) is 0 Å². The Morgan fingerprint density at radius 1 is 1.27 bits per heavy atom. The van der Waals surface area contributed by atoms with E-state index in [1.54, 1.807) is 24.3 Å². The summed E-state index contributed by atoms with van der Waals surface area (Å²) in [6, 6.07) is 13.5. The minimum Gasteiger partial charge on any atom is -0.494 e. The van der Waals surface area contributed by atoms with E-state index in [9.17, 15) is 4.79 Å². The summed E-state index contributed by atoms with van der Waals surface area (Å²) in [4.78, 5) is 19.6. The number of hydrogen-bond acceptors (Lipinski definition) is 7. The van der Waals surface area contributed by atoms with Crippen molar-refractivity contribution in [1.82, 2.24) is 0 Å². The molecule has 2 aromatic rings. The molecule has 0 radical (unpaired) electrons. The molecule has 9 heteroatoms. The number of hydrogen-bond donors (Lipinski definition) is 1. The van der Waals surface area contributed by atoms with Crippen molar-refractivity contribution in [3.63, 3.8) is 0 Å². The Kier molecular flexibility index (Phi) is 7.26. The first-order valence-corrected chi connectivity index (χ1v) is 9.43. The van der Waals surface area contributed by atoms with Crippen molar-refractivity contribution in [3.8, 4) is 5.75 Å². The molecular weight excluding hydrogens is 388 g/mol. The van der Waals surface area contributed by atoms with Crippen molar-refractivity contribution < 1.29 is 24.1 Å².